The Bertz CT molecular complexity index is 721. The van der Waals surface area contributed by atoms with Gasteiger partial charge in [0.1, 0.15) is 23.5 Å². The topological polar surface area (TPSA) is 29.5 Å². The minimum absolute atomic E-state index is 0.173. The average Bonchev–Trinajstić information content (AvgIpc) is 2.89. The van der Waals surface area contributed by atoms with Crippen LogP contribution in [0.25, 0.3) is 0 Å². The van der Waals surface area contributed by atoms with Crippen LogP contribution in [0.1, 0.15) is 22.8 Å². The fraction of sp³-hybridized carbons (Fsp3) is 0.200. The molecule has 1 heterocycles. The van der Waals surface area contributed by atoms with Crippen molar-refractivity contribution in [2.24, 2.45) is 0 Å². The third kappa shape index (κ3) is 2.65. The third-order valence-corrected chi connectivity index (χ3v) is 4.15. The van der Waals surface area contributed by atoms with Crippen molar-refractivity contribution in [3.8, 4) is 5.75 Å². The molecule has 21 heavy (non-hydrogen) atoms. The second-order valence-electron chi connectivity index (χ2n) is 4.77. The summed E-state index contributed by atoms with van der Waals surface area (Å²) in [5.74, 6) is -1.01. The van der Waals surface area contributed by atoms with Crippen molar-refractivity contribution in [3.05, 3.63) is 62.1 Å². The molecule has 0 spiro atoms. The molecule has 3 rings (SSSR count). The van der Waals surface area contributed by atoms with Crippen molar-refractivity contribution in [1.29, 1.82) is 0 Å². The van der Waals surface area contributed by atoms with Crippen LogP contribution in [0.2, 0.25) is 5.02 Å². The minimum atomic E-state index is -1.33. The summed E-state index contributed by atoms with van der Waals surface area (Å²) in [6.45, 7) is 0.503. The Morgan fingerprint density at radius 1 is 1.14 bits per heavy atom. The van der Waals surface area contributed by atoms with Gasteiger partial charge >= 0.3 is 0 Å². The van der Waals surface area contributed by atoms with Gasteiger partial charge in [0.05, 0.1) is 11.6 Å². The highest BCUT2D eigenvalue weighted by molar-refractivity contribution is 9.10. The molecule has 6 heteroatoms. The molecule has 0 amide bonds. The van der Waals surface area contributed by atoms with Crippen LogP contribution in [0.3, 0.4) is 0 Å². The van der Waals surface area contributed by atoms with E-state index in [0.717, 1.165) is 22.2 Å². The van der Waals surface area contributed by atoms with E-state index < -0.39 is 17.7 Å². The molecule has 2 nitrogen and oxygen atoms in total. The van der Waals surface area contributed by atoms with Gasteiger partial charge in [-0.25, -0.2) is 8.78 Å². The summed E-state index contributed by atoms with van der Waals surface area (Å²) in [4.78, 5) is 0. The van der Waals surface area contributed by atoms with E-state index in [1.807, 2.05) is 6.07 Å². The lowest BCUT2D eigenvalue weighted by molar-refractivity contribution is 0.208. The Balaban J connectivity index is 2.11. The van der Waals surface area contributed by atoms with E-state index in [0.29, 0.717) is 24.3 Å². The van der Waals surface area contributed by atoms with Gasteiger partial charge in [0.25, 0.3) is 0 Å². The normalized spacial score (nSPS) is 14.7. The van der Waals surface area contributed by atoms with Crippen LogP contribution in [0.15, 0.2) is 28.7 Å². The quantitative estimate of drug-likeness (QED) is 0.789. The molecule has 0 radical (unpaired) electrons. The second kappa shape index (κ2) is 5.55. The van der Waals surface area contributed by atoms with Gasteiger partial charge in [0.2, 0.25) is 0 Å². The van der Waals surface area contributed by atoms with Crippen LogP contribution in [-0.4, -0.2) is 11.7 Å². The Morgan fingerprint density at radius 2 is 1.90 bits per heavy atom. The monoisotopic (exact) mass is 374 g/mol. The van der Waals surface area contributed by atoms with Gasteiger partial charge in [0, 0.05) is 22.0 Å². The number of fused-ring (bicyclic) bond motifs is 1. The van der Waals surface area contributed by atoms with E-state index in [4.69, 9.17) is 16.3 Å². The molecule has 0 fully saturated rings. The highest BCUT2D eigenvalue weighted by atomic mass is 79.9. The number of hydrogen-bond donors (Lipinski definition) is 1. The molecule has 1 atom stereocenters. The maximum absolute atomic E-state index is 14.0. The first-order valence-electron chi connectivity index (χ1n) is 6.25. The van der Waals surface area contributed by atoms with Crippen molar-refractivity contribution in [3.63, 3.8) is 0 Å². The molecule has 110 valence electrons. The minimum Gasteiger partial charge on any atom is -0.493 e. The molecule has 0 saturated carbocycles. The van der Waals surface area contributed by atoms with Gasteiger partial charge in [0.15, 0.2) is 0 Å². The SMILES string of the molecule is OC(c1cc(F)c(Cl)cc1F)c1cc(Br)cc2c1OCC2. The molecule has 0 bridgehead atoms. The molecule has 1 N–H and O–H groups in total. The summed E-state index contributed by atoms with van der Waals surface area (Å²) in [6.07, 6.45) is -0.618. The molecule has 0 aliphatic carbocycles. The van der Waals surface area contributed by atoms with Gasteiger partial charge < -0.3 is 9.84 Å². The lowest BCUT2D eigenvalue weighted by Crippen LogP contribution is -2.06. The van der Waals surface area contributed by atoms with Crippen LogP contribution >= 0.6 is 27.5 Å². The van der Waals surface area contributed by atoms with Gasteiger partial charge in [-0.15, -0.1) is 0 Å². The summed E-state index contributed by atoms with van der Waals surface area (Å²) in [6, 6.07) is 5.29. The number of halogens is 4. The Morgan fingerprint density at radius 3 is 2.67 bits per heavy atom. The van der Waals surface area contributed by atoms with Gasteiger partial charge in [-0.1, -0.05) is 27.5 Å². The van der Waals surface area contributed by atoms with E-state index >= 15 is 0 Å². The van der Waals surface area contributed by atoms with E-state index in [1.165, 1.54) is 0 Å². The molecule has 1 aliphatic heterocycles. The van der Waals surface area contributed by atoms with Crippen molar-refractivity contribution in [2.75, 3.05) is 6.61 Å². The fourth-order valence-corrected chi connectivity index (χ4v) is 3.09. The summed E-state index contributed by atoms with van der Waals surface area (Å²) in [5.41, 5.74) is 1.15. The molecular formula is C15H10BrClF2O2. The molecule has 2 aromatic rings. The fourth-order valence-electron chi connectivity index (χ4n) is 2.42. The standard InChI is InChI=1S/C15H10BrClF2O2/c16-8-3-7-1-2-21-15(7)10(4-8)14(20)9-5-13(19)11(17)6-12(9)18/h3-6,14,20H,1-2H2. The molecular weight excluding hydrogens is 366 g/mol. The average molecular weight is 376 g/mol. The maximum Gasteiger partial charge on any atom is 0.142 e. The largest absolute Gasteiger partial charge is 0.493 e. The van der Waals surface area contributed by atoms with E-state index in [-0.39, 0.29) is 10.6 Å². The van der Waals surface area contributed by atoms with Crippen LogP contribution < -0.4 is 4.74 Å². The number of benzene rings is 2. The molecule has 2 aromatic carbocycles. The lowest BCUT2D eigenvalue weighted by atomic mass is 9.98. The summed E-state index contributed by atoms with van der Waals surface area (Å²) in [7, 11) is 0. The van der Waals surface area contributed by atoms with Crippen molar-refractivity contribution in [2.45, 2.75) is 12.5 Å². The predicted molar refractivity (Wildman–Crippen MR) is 78.8 cm³/mol. The van der Waals surface area contributed by atoms with Crippen LogP contribution in [0.5, 0.6) is 5.75 Å². The zero-order chi connectivity index (χ0) is 15.1. The summed E-state index contributed by atoms with van der Waals surface area (Å²) < 4.78 is 33.7. The van der Waals surface area contributed by atoms with Gasteiger partial charge in [-0.3, -0.25) is 0 Å². The molecule has 0 saturated heterocycles. The molecule has 0 aromatic heterocycles. The van der Waals surface area contributed by atoms with E-state index in [9.17, 15) is 13.9 Å². The molecule has 1 aliphatic rings. The van der Waals surface area contributed by atoms with Gasteiger partial charge in [-0.05, 0) is 29.8 Å². The zero-order valence-electron chi connectivity index (χ0n) is 10.7. The van der Waals surface area contributed by atoms with Crippen LogP contribution in [0.4, 0.5) is 8.78 Å². The zero-order valence-corrected chi connectivity index (χ0v) is 13.0. The lowest BCUT2D eigenvalue weighted by Gasteiger charge is -2.16. The highest BCUT2D eigenvalue weighted by Gasteiger charge is 2.25. The number of aliphatic hydroxyl groups is 1. The number of rotatable bonds is 2. The van der Waals surface area contributed by atoms with Crippen molar-refractivity contribution >= 4 is 27.5 Å². The number of aliphatic hydroxyl groups excluding tert-OH is 1. The number of hydrogen-bond acceptors (Lipinski definition) is 2. The Hall–Kier alpha value is -1.17. The number of ether oxygens (including phenoxy) is 1. The smallest absolute Gasteiger partial charge is 0.142 e. The highest BCUT2D eigenvalue weighted by Crippen LogP contribution is 2.39. The molecule has 1 unspecified atom stereocenters. The first-order valence-corrected chi connectivity index (χ1v) is 7.42. The second-order valence-corrected chi connectivity index (χ2v) is 6.09. The summed E-state index contributed by atoms with van der Waals surface area (Å²) in [5, 5.41) is 10.1. The van der Waals surface area contributed by atoms with E-state index in [1.54, 1.807) is 6.07 Å². The van der Waals surface area contributed by atoms with Gasteiger partial charge in [-0.2, -0.15) is 0 Å². The third-order valence-electron chi connectivity index (χ3n) is 3.41. The summed E-state index contributed by atoms with van der Waals surface area (Å²) >= 11 is 8.87. The van der Waals surface area contributed by atoms with Crippen molar-refractivity contribution < 1.29 is 18.6 Å². The predicted octanol–water partition coefficient (Wildman–Crippen LogP) is 4.40. The van der Waals surface area contributed by atoms with Crippen LogP contribution in [-0.2, 0) is 6.42 Å². The van der Waals surface area contributed by atoms with Crippen molar-refractivity contribution in [1.82, 2.24) is 0 Å². The first kappa shape index (κ1) is 14.8. The Kier molecular flexibility index (Phi) is 3.90. The maximum atomic E-state index is 14.0. The van der Waals surface area contributed by atoms with Crippen LogP contribution in [0, 0.1) is 11.6 Å². The Labute approximate surface area is 133 Å². The first-order chi connectivity index (χ1) is 9.97. The van der Waals surface area contributed by atoms with E-state index in [2.05, 4.69) is 15.9 Å².